The Morgan fingerprint density at radius 1 is 1.28 bits per heavy atom. The van der Waals surface area contributed by atoms with Crippen molar-refractivity contribution in [3.63, 3.8) is 0 Å². The highest BCUT2D eigenvalue weighted by Gasteiger charge is 2.40. The monoisotopic (exact) mass is 365 g/mol. The molecule has 1 heterocycles. The van der Waals surface area contributed by atoms with Crippen molar-refractivity contribution in [3.05, 3.63) is 29.6 Å². The molecule has 3 rings (SSSR count). The molecule has 0 bridgehead atoms. The van der Waals surface area contributed by atoms with Gasteiger partial charge in [0.2, 0.25) is 0 Å². The molecule has 1 amide bonds. The maximum absolute atomic E-state index is 14.1. The van der Waals surface area contributed by atoms with E-state index in [-0.39, 0.29) is 17.3 Å². The van der Waals surface area contributed by atoms with Gasteiger partial charge in [0.05, 0.1) is 5.69 Å². The summed E-state index contributed by atoms with van der Waals surface area (Å²) in [4.78, 5) is 16.8. The molecule has 0 unspecified atom stereocenters. The molecule has 1 N–H and O–H groups in total. The van der Waals surface area contributed by atoms with Gasteiger partial charge in [-0.15, -0.1) is 0 Å². The topological polar surface area (TPSA) is 35.6 Å². The number of carbonyl (C=O) groups is 1. The van der Waals surface area contributed by atoms with Gasteiger partial charge in [-0.1, -0.05) is 12.8 Å². The summed E-state index contributed by atoms with van der Waals surface area (Å²) in [5, 5.41) is 3.09. The summed E-state index contributed by atoms with van der Waals surface area (Å²) < 4.78 is 14.1. The third kappa shape index (κ3) is 4.11. The SMILES string of the molecule is CN(C)c1ccc(C(=O)NCC2(N3CCSCC3)CCCC2)cc1F. The van der Waals surface area contributed by atoms with Crippen LogP contribution in [0.4, 0.5) is 10.1 Å². The molecule has 2 fully saturated rings. The molecule has 1 aliphatic carbocycles. The number of anilines is 1. The van der Waals surface area contributed by atoms with E-state index in [9.17, 15) is 9.18 Å². The quantitative estimate of drug-likeness (QED) is 0.870. The molecule has 1 saturated carbocycles. The summed E-state index contributed by atoms with van der Waals surface area (Å²) in [6, 6.07) is 4.70. The van der Waals surface area contributed by atoms with Crippen molar-refractivity contribution in [2.24, 2.45) is 0 Å². The van der Waals surface area contributed by atoms with Crippen molar-refractivity contribution in [2.75, 3.05) is 50.1 Å². The first-order valence-electron chi connectivity index (χ1n) is 9.10. The van der Waals surface area contributed by atoms with Crippen LogP contribution in [0, 0.1) is 5.82 Å². The van der Waals surface area contributed by atoms with Crippen LogP contribution >= 0.6 is 11.8 Å². The van der Waals surface area contributed by atoms with Gasteiger partial charge in [0.25, 0.3) is 5.91 Å². The minimum absolute atomic E-state index is 0.0960. The Kier molecular flexibility index (Phi) is 5.89. The zero-order chi connectivity index (χ0) is 17.9. The Labute approximate surface area is 154 Å². The molecule has 25 heavy (non-hydrogen) atoms. The molecule has 1 saturated heterocycles. The number of rotatable bonds is 5. The molecule has 2 aliphatic rings. The molecule has 4 nitrogen and oxygen atoms in total. The van der Waals surface area contributed by atoms with E-state index in [0.717, 1.165) is 25.9 Å². The maximum atomic E-state index is 14.1. The Balaban J connectivity index is 1.66. The third-order valence-electron chi connectivity index (χ3n) is 5.49. The maximum Gasteiger partial charge on any atom is 0.251 e. The molecule has 0 spiro atoms. The summed E-state index contributed by atoms with van der Waals surface area (Å²) >= 11 is 2.01. The molecular weight excluding hydrogens is 337 g/mol. The van der Waals surface area contributed by atoms with Crippen LogP contribution in [-0.2, 0) is 0 Å². The van der Waals surface area contributed by atoms with Crippen LogP contribution in [0.2, 0.25) is 0 Å². The second kappa shape index (κ2) is 7.96. The second-order valence-electron chi connectivity index (χ2n) is 7.27. The van der Waals surface area contributed by atoms with E-state index >= 15 is 0 Å². The summed E-state index contributed by atoms with van der Waals surface area (Å²) in [5.41, 5.74) is 0.985. The Morgan fingerprint density at radius 3 is 2.56 bits per heavy atom. The smallest absolute Gasteiger partial charge is 0.251 e. The van der Waals surface area contributed by atoms with Gasteiger partial charge in [0.1, 0.15) is 5.82 Å². The van der Waals surface area contributed by atoms with Gasteiger partial charge in [-0.3, -0.25) is 9.69 Å². The molecule has 138 valence electrons. The third-order valence-corrected chi connectivity index (χ3v) is 6.43. The second-order valence-corrected chi connectivity index (χ2v) is 8.50. The zero-order valence-corrected chi connectivity index (χ0v) is 16.0. The lowest BCUT2D eigenvalue weighted by Crippen LogP contribution is -2.56. The van der Waals surface area contributed by atoms with Gasteiger partial charge in [-0.25, -0.2) is 4.39 Å². The zero-order valence-electron chi connectivity index (χ0n) is 15.2. The van der Waals surface area contributed by atoms with Gasteiger partial charge in [0, 0.05) is 56.3 Å². The van der Waals surface area contributed by atoms with Crippen molar-refractivity contribution >= 4 is 23.4 Å². The van der Waals surface area contributed by atoms with Crippen LogP contribution in [0.3, 0.4) is 0 Å². The van der Waals surface area contributed by atoms with Gasteiger partial charge in [-0.2, -0.15) is 11.8 Å². The molecule has 0 radical (unpaired) electrons. The minimum atomic E-state index is -0.360. The number of nitrogens with one attached hydrogen (secondary N) is 1. The minimum Gasteiger partial charge on any atom is -0.375 e. The molecule has 0 aromatic heterocycles. The fourth-order valence-corrected chi connectivity index (χ4v) is 4.94. The largest absolute Gasteiger partial charge is 0.375 e. The summed E-state index contributed by atoms with van der Waals surface area (Å²) in [7, 11) is 3.58. The number of carbonyl (C=O) groups excluding carboxylic acids is 1. The highest BCUT2D eigenvalue weighted by molar-refractivity contribution is 7.99. The average Bonchev–Trinajstić information content (AvgIpc) is 3.10. The molecule has 1 aliphatic heterocycles. The van der Waals surface area contributed by atoms with Crippen molar-refractivity contribution in [1.29, 1.82) is 0 Å². The van der Waals surface area contributed by atoms with E-state index in [2.05, 4.69) is 10.2 Å². The summed E-state index contributed by atoms with van der Waals surface area (Å²) in [6.07, 6.45) is 4.75. The van der Waals surface area contributed by atoms with E-state index in [4.69, 9.17) is 0 Å². The first kappa shape index (κ1) is 18.5. The van der Waals surface area contributed by atoms with Crippen molar-refractivity contribution in [2.45, 2.75) is 31.2 Å². The molecule has 1 aromatic rings. The molecule has 1 aromatic carbocycles. The lowest BCUT2D eigenvalue weighted by atomic mass is 9.94. The highest BCUT2D eigenvalue weighted by Crippen LogP contribution is 2.36. The van der Waals surface area contributed by atoms with Gasteiger partial charge < -0.3 is 10.2 Å². The molecule has 6 heteroatoms. The average molecular weight is 366 g/mol. The first-order valence-corrected chi connectivity index (χ1v) is 10.3. The number of amides is 1. The summed E-state index contributed by atoms with van der Waals surface area (Å²) in [6.45, 7) is 2.87. The van der Waals surface area contributed by atoms with E-state index in [1.54, 1.807) is 31.1 Å². The van der Waals surface area contributed by atoms with E-state index in [0.29, 0.717) is 17.8 Å². The number of hydrogen-bond acceptors (Lipinski definition) is 4. The summed E-state index contributed by atoms with van der Waals surface area (Å²) in [5.74, 6) is 1.81. The fraction of sp³-hybridized carbons (Fsp3) is 0.632. The number of thioether (sulfide) groups is 1. The van der Waals surface area contributed by atoms with E-state index < -0.39 is 0 Å². The molecular formula is C19H28FN3OS. The standard InChI is InChI=1S/C19H28FN3OS/c1-22(2)17-6-5-15(13-16(17)20)18(24)21-14-19(7-3-4-8-19)23-9-11-25-12-10-23/h5-6,13H,3-4,7-12,14H2,1-2H3,(H,21,24). The van der Waals surface area contributed by atoms with Crippen molar-refractivity contribution in [3.8, 4) is 0 Å². The first-order chi connectivity index (χ1) is 12.0. The number of hydrogen-bond donors (Lipinski definition) is 1. The Hall–Kier alpha value is -1.27. The Morgan fingerprint density at radius 2 is 1.96 bits per heavy atom. The Bertz CT molecular complexity index is 611. The number of nitrogens with zero attached hydrogens (tertiary/aromatic N) is 2. The van der Waals surface area contributed by atoms with E-state index in [1.165, 1.54) is 30.4 Å². The number of benzene rings is 1. The van der Waals surface area contributed by atoms with Crippen LogP contribution in [-0.4, -0.2) is 61.6 Å². The van der Waals surface area contributed by atoms with Crippen LogP contribution < -0.4 is 10.2 Å². The lowest BCUT2D eigenvalue weighted by molar-refractivity contribution is 0.0817. The van der Waals surface area contributed by atoms with Crippen LogP contribution in [0.25, 0.3) is 0 Å². The van der Waals surface area contributed by atoms with Crippen LogP contribution in [0.15, 0.2) is 18.2 Å². The highest BCUT2D eigenvalue weighted by atomic mass is 32.2. The lowest BCUT2D eigenvalue weighted by Gasteiger charge is -2.43. The van der Waals surface area contributed by atoms with Crippen molar-refractivity contribution < 1.29 is 9.18 Å². The normalized spacial score (nSPS) is 20.4. The van der Waals surface area contributed by atoms with Gasteiger partial charge in [-0.05, 0) is 31.0 Å². The van der Waals surface area contributed by atoms with Crippen molar-refractivity contribution in [1.82, 2.24) is 10.2 Å². The van der Waals surface area contributed by atoms with Gasteiger partial charge in [0.15, 0.2) is 0 Å². The predicted molar refractivity (Wildman–Crippen MR) is 103 cm³/mol. The number of halogens is 1. The van der Waals surface area contributed by atoms with Gasteiger partial charge >= 0.3 is 0 Å². The predicted octanol–water partition coefficient (Wildman–Crippen LogP) is 2.98. The van der Waals surface area contributed by atoms with E-state index in [1.807, 2.05) is 11.8 Å². The fourth-order valence-electron chi connectivity index (χ4n) is 4.03. The van der Waals surface area contributed by atoms with Crippen LogP contribution in [0.5, 0.6) is 0 Å². The van der Waals surface area contributed by atoms with Crippen LogP contribution in [0.1, 0.15) is 36.0 Å². The molecule has 0 atom stereocenters.